The molecular formula is C22H21ClN2O5. The molecule has 1 aromatic heterocycles. The summed E-state index contributed by atoms with van der Waals surface area (Å²) in [6, 6.07) is 12.2. The second kappa shape index (κ2) is 9.28. The minimum atomic E-state index is -0.726. The first-order chi connectivity index (χ1) is 14.6. The maximum atomic E-state index is 12.1. The number of rotatable bonds is 7. The predicted octanol–water partition coefficient (Wildman–Crippen LogP) is 4.57. The van der Waals surface area contributed by atoms with E-state index in [0.717, 1.165) is 19.4 Å². The smallest absolute Gasteiger partial charge is 0.347 e. The van der Waals surface area contributed by atoms with Gasteiger partial charge < -0.3 is 18.9 Å². The van der Waals surface area contributed by atoms with Crippen LogP contribution in [0.4, 0.5) is 0 Å². The fourth-order valence-electron chi connectivity index (χ4n) is 3.04. The number of carbonyl (C=O) groups excluding carboxylic acids is 1. The molecule has 30 heavy (non-hydrogen) atoms. The van der Waals surface area contributed by atoms with Crippen molar-refractivity contribution in [3.63, 3.8) is 0 Å². The highest BCUT2D eigenvalue weighted by atomic mass is 35.5. The van der Waals surface area contributed by atoms with Gasteiger partial charge in [0.05, 0.1) is 23.3 Å². The summed E-state index contributed by atoms with van der Waals surface area (Å²) in [6.45, 7) is 2.64. The normalized spacial score (nSPS) is 16.9. The highest BCUT2D eigenvalue weighted by Gasteiger charge is 2.21. The molecular weight excluding hydrogens is 408 g/mol. The molecule has 0 bridgehead atoms. The van der Waals surface area contributed by atoms with Crippen molar-refractivity contribution >= 4 is 28.6 Å². The molecule has 0 spiro atoms. The number of ether oxygens (including phenoxy) is 4. The van der Waals surface area contributed by atoms with Crippen molar-refractivity contribution in [2.24, 2.45) is 0 Å². The number of fused-ring (bicyclic) bond motifs is 1. The van der Waals surface area contributed by atoms with E-state index in [9.17, 15) is 4.79 Å². The van der Waals surface area contributed by atoms with E-state index < -0.39 is 12.1 Å². The minimum Gasteiger partial charge on any atom is -0.479 e. The van der Waals surface area contributed by atoms with Crippen molar-refractivity contribution in [1.29, 1.82) is 0 Å². The van der Waals surface area contributed by atoms with Crippen LogP contribution in [0, 0.1) is 0 Å². The molecule has 0 aliphatic carbocycles. The molecule has 1 aliphatic heterocycles. The van der Waals surface area contributed by atoms with Gasteiger partial charge in [-0.1, -0.05) is 11.6 Å². The molecule has 1 fully saturated rings. The average molecular weight is 429 g/mol. The molecule has 2 atom stereocenters. The lowest BCUT2D eigenvalue weighted by atomic mass is 10.2. The molecule has 7 nitrogen and oxygen atoms in total. The van der Waals surface area contributed by atoms with E-state index in [2.05, 4.69) is 9.97 Å². The van der Waals surface area contributed by atoms with Gasteiger partial charge in [-0.3, -0.25) is 0 Å². The quantitative estimate of drug-likeness (QED) is 0.510. The van der Waals surface area contributed by atoms with Crippen LogP contribution >= 0.6 is 11.6 Å². The van der Waals surface area contributed by atoms with Crippen LogP contribution in [0.5, 0.6) is 17.4 Å². The molecule has 4 rings (SSSR count). The van der Waals surface area contributed by atoms with Crippen LogP contribution in [-0.4, -0.2) is 41.4 Å². The van der Waals surface area contributed by atoms with E-state index in [1.165, 1.54) is 6.20 Å². The lowest BCUT2D eigenvalue weighted by Gasteiger charge is -2.16. The van der Waals surface area contributed by atoms with Gasteiger partial charge in [-0.2, -0.15) is 0 Å². The van der Waals surface area contributed by atoms with E-state index in [1.807, 2.05) is 0 Å². The lowest BCUT2D eigenvalue weighted by Crippen LogP contribution is -2.29. The first-order valence-electron chi connectivity index (χ1n) is 9.72. The standard InChI is InChI=1S/C22H21ClN2O5/c1-14(22(26)28-13-18-3-2-10-27-18)29-16-5-7-17(8-6-16)30-21-12-24-20-11-15(23)4-9-19(20)25-21/h4-9,11-12,14,18H,2-3,10,13H2,1H3/t14-,18-/m0/s1. The van der Waals surface area contributed by atoms with Crippen molar-refractivity contribution in [3.8, 4) is 17.4 Å². The Balaban J connectivity index is 1.32. The van der Waals surface area contributed by atoms with Crippen LogP contribution in [0.3, 0.4) is 0 Å². The third-order valence-corrected chi connectivity index (χ3v) is 4.84. The summed E-state index contributed by atoms with van der Waals surface area (Å²) in [5.41, 5.74) is 1.38. The van der Waals surface area contributed by atoms with Gasteiger partial charge in [0.25, 0.3) is 0 Å². The Kier molecular flexibility index (Phi) is 6.30. The van der Waals surface area contributed by atoms with Gasteiger partial charge in [-0.05, 0) is 62.2 Å². The number of aromatic nitrogens is 2. The van der Waals surface area contributed by atoms with Crippen LogP contribution in [-0.2, 0) is 14.3 Å². The highest BCUT2D eigenvalue weighted by molar-refractivity contribution is 6.31. The summed E-state index contributed by atoms with van der Waals surface area (Å²) in [4.78, 5) is 20.8. The van der Waals surface area contributed by atoms with Gasteiger partial charge in [0, 0.05) is 11.6 Å². The van der Waals surface area contributed by atoms with E-state index in [4.69, 9.17) is 30.5 Å². The minimum absolute atomic E-state index is 0.00669. The fourth-order valence-corrected chi connectivity index (χ4v) is 3.21. The Morgan fingerprint density at radius 1 is 1.20 bits per heavy atom. The number of nitrogens with zero attached hydrogens (tertiary/aromatic N) is 2. The van der Waals surface area contributed by atoms with Gasteiger partial charge in [0.15, 0.2) is 6.10 Å². The molecule has 156 valence electrons. The zero-order valence-corrected chi connectivity index (χ0v) is 17.2. The summed E-state index contributed by atoms with van der Waals surface area (Å²) in [7, 11) is 0. The molecule has 0 amide bonds. The maximum Gasteiger partial charge on any atom is 0.347 e. The molecule has 0 N–H and O–H groups in total. The summed E-state index contributed by atoms with van der Waals surface area (Å²) in [5.74, 6) is 1.05. The van der Waals surface area contributed by atoms with Crippen molar-refractivity contribution in [2.75, 3.05) is 13.2 Å². The Bertz CT molecular complexity index is 1020. The molecule has 3 aromatic rings. The Morgan fingerprint density at radius 3 is 2.77 bits per heavy atom. The van der Waals surface area contributed by atoms with E-state index in [0.29, 0.717) is 33.4 Å². The average Bonchev–Trinajstić information content (AvgIpc) is 3.27. The Labute approximate surface area is 178 Å². The zero-order valence-electron chi connectivity index (χ0n) is 16.4. The largest absolute Gasteiger partial charge is 0.479 e. The molecule has 0 unspecified atom stereocenters. The summed E-state index contributed by atoms with van der Waals surface area (Å²) in [5, 5.41) is 0.603. The van der Waals surface area contributed by atoms with Crippen LogP contribution in [0.25, 0.3) is 11.0 Å². The molecule has 1 saturated heterocycles. The van der Waals surface area contributed by atoms with E-state index >= 15 is 0 Å². The van der Waals surface area contributed by atoms with Crippen molar-refractivity contribution in [3.05, 3.63) is 53.7 Å². The first kappa shape index (κ1) is 20.4. The lowest BCUT2D eigenvalue weighted by molar-refractivity contribution is -0.154. The monoisotopic (exact) mass is 428 g/mol. The van der Waals surface area contributed by atoms with Gasteiger partial charge in [0.2, 0.25) is 5.88 Å². The first-order valence-corrected chi connectivity index (χ1v) is 10.1. The SMILES string of the molecule is C[C@H](Oc1ccc(Oc2cnc3cc(Cl)ccc3n2)cc1)C(=O)OC[C@@H]1CCCO1. The van der Waals surface area contributed by atoms with Crippen molar-refractivity contribution in [2.45, 2.75) is 32.0 Å². The summed E-state index contributed by atoms with van der Waals surface area (Å²) < 4.78 is 22.1. The van der Waals surface area contributed by atoms with Gasteiger partial charge in [-0.25, -0.2) is 14.8 Å². The second-order valence-corrected chi connectivity index (χ2v) is 7.38. The summed E-state index contributed by atoms with van der Waals surface area (Å²) in [6.07, 6.45) is 2.72. The Morgan fingerprint density at radius 2 is 2.00 bits per heavy atom. The van der Waals surface area contributed by atoms with Gasteiger partial charge >= 0.3 is 5.97 Å². The Hall–Kier alpha value is -2.90. The molecule has 1 aliphatic rings. The highest BCUT2D eigenvalue weighted by Crippen LogP contribution is 2.25. The fraction of sp³-hybridized carbons (Fsp3) is 0.318. The number of hydrogen-bond donors (Lipinski definition) is 0. The number of carbonyl (C=O) groups is 1. The van der Waals surface area contributed by atoms with Gasteiger partial charge in [0.1, 0.15) is 18.1 Å². The van der Waals surface area contributed by atoms with Crippen LogP contribution < -0.4 is 9.47 Å². The number of hydrogen-bond acceptors (Lipinski definition) is 7. The third-order valence-electron chi connectivity index (χ3n) is 4.61. The topological polar surface area (TPSA) is 79.8 Å². The van der Waals surface area contributed by atoms with Crippen molar-refractivity contribution < 1.29 is 23.7 Å². The van der Waals surface area contributed by atoms with Crippen molar-refractivity contribution in [1.82, 2.24) is 9.97 Å². The number of esters is 1. The third kappa shape index (κ3) is 5.17. The molecule has 0 radical (unpaired) electrons. The molecule has 0 saturated carbocycles. The van der Waals surface area contributed by atoms with E-state index in [1.54, 1.807) is 49.4 Å². The van der Waals surface area contributed by atoms with Crippen LogP contribution in [0.1, 0.15) is 19.8 Å². The zero-order chi connectivity index (χ0) is 20.9. The van der Waals surface area contributed by atoms with Gasteiger partial charge in [-0.15, -0.1) is 0 Å². The number of halogens is 1. The van der Waals surface area contributed by atoms with Crippen LogP contribution in [0.15, 0.2) is 48.7 Å². The number of benzene rings is 2. The molecule has 8 heteroatoms. The predicted molar refractivity (Wildman–Crippen MR) is 111 cm³/mol. The van der Waals surface area contributed by atoms with Crippen LogP contribution in [0.2, 0.25) is 5.02 Å². The molecule has 2 aromatic carbocycles. The van der Waals surface area contributed by atoms with E-state index in [-0.39, 0.29) is 12.7 Å². The second-order valence-electron chi connectivity index (χ2n) is 6.94. The molecule has 2 heterocycles. The summed E-state index contributed by atoms with van der Waals surface area (Å²) >= 11 is 5.96. The maximum absolute atomic E-state index is 12.1.